The lowest BCUT2D eigenvalue weighted by Crippen LogP contribution is -2.54. The Morgan fingerprint density at radius 1 is 1.07 bits per heavy atom. The van der Waals surface area contributed by atoms with Crippen LogP contribution in [-0.4, -0.2) is 60.7 Å². The maximum atomic E-state index is 13.4. The molecule has 0 aliphatic carbocycles. The van der Waals surface area contributed by atoms with Crippen LogP contribution in [0.2, 0.25) is 0 Å². The SMILES string of the molecule is O=C([C@H]1CN(C(=O)c2csc(-c3cccs3)n2)c2ccccc2O1)N1CCOCC1. The molecule has 2 aliphatic heterocycles. The van der Waals surface area contributed by atoms with E-state index in [1.54, 1.807) is 32.6 Å². The predicted octanol–water partition coefficient (Wildman–Crippen LogP) is 3.14. The van der Waals surface area contributed by atoms with Gasteiger partial charge in [-0.15, -0.1) is 22.7 Å². The first-order valence-electron chi connectivity index (χ1n) is 9.64. The average molecular weight is 442 g/mol. The third kappa shape index (κ3) is 3.60. The Bertz CT molecular complexity index is 1060. The maximum Gasteiger partial charge on any atom is 0.278 e. The number of fused-ring (bicyclic) bond motifs is 1. The normalized spacial score (nSPS) is 18.6. The van der Waals surface area contributed by atoms with Crippen molar-refractivity contribution in [1.29, 1.82) is 0 Å². The number of thiazole rings is 1. The molecule has 7 nitrogen and oxygen atoms in total. The summed E-state index contributed by atoms with van der Waals surface area (Å²) in [5, 5.41) is 4.57. The number of rotatable bonds is 3. The van der Waals surface area contributed by atoms with Gasteiger partial charge in [-0.3, -0.25) is 14.5 Å². The van der Waals surface area contributed by atoms with E-state index in [-0.39, 0.29) is 18.4 Å². The summed E-state index contributed by atoms with van der Waals surface area (Å²) in [5.41, 5.74) is 1.02. The molecule has 2 aliphatic rings. The summed E-state index contributed by atoms with van der Waals surface area (Å²) in [7, 11) is 0. The van der Waals surface area contributed by atoms with E-state index in [0.717, 1.165) is 9.88 Å². The van der Waals surface area contributed by atoms with E-state index in [2.05, 4.69) is 4.98 Å². The predicted molar refractivity (Wildman–Crippen MR) is 115 cm³/mol. The van der Waals surface area contributed by atoms with Gasteiger partial charge in [0.05, 0.1) is 30.3 Å². The van der Waals surface area contributed by atoms with Crippen LogP contribution in [0.5, 0.6) is 5.75 Å². The Hall–Kier alpha value is -2.75. The number of ether oxygens (including phenoxy) is 2. The van der Waals surface area contributed by atoms with E-state index < -0.39 is 6.10 Å². The highest BCUT2D eigenvalue weighted by molar-refractivity contribution is 7.20. The van der Waals surface area contributed by atoms with Crippen molar-refractivity contribution in [2.75, 3.05) is 37.7 Å². The molecule has 2 aromatic heterocycles. The number of thiophene rings is 1. The molecule has 0 unspecified atom stereocenters. The van der Waals surface area contributed by atoms with Gasteiger partial charge in [0, 0.05) is 18.5 Å². The highest BCUT2D eigenvalue weighted by Crippen LogP contribution is 2.35. The van der Waals surface area contributed by atoms with E-state index in [1.165, 1.54) is 11.3 Å². The molecule has 0 radical (unpaired) electrons. The van der Waals surface area contributed by atoms with Gasteiger partial charge < -0.3 is 14.4 Å². The molecule has 0 spiro atoms. The van der Waals surface area contributed by atoms with Crippen LogP contribution >= 0.6 is 22.7 Å². The first kappa shape index (κ1) is 19.2. The number of aromatic nitrogens is 1. The van der Waals surface area contributed by atoms with E-state index in [1.807, 2.05) is 35.7 Å². The van der Waals surface area contributed by atoms with Crippen molar-refractivity contribution < 1.29 is 19.1 Å². The molecule has 1 saturated heterocycles. The summed E-state index contributed by atoms with van der Waals surface area (Å²) in [6.07, 6.45) is -0.752. The second-order valence-corrected chi connectivity index (χ2v) is 8.75. The number of benzene rings is 1. The Labute approximate surface area is 181 Å². The van der Waals surface area contributed by atoms with E-state index in [0.29, 0.717) is 43.4 Å². The van der Waals surface area contributed by atoms with E-state index in [9.17, 15) is 9.59 Å². The summed E-state index contributed by atoms with van der Waals surface area (Å²) in [6.45, 7) is 2.25. The molecular weight excluding hydrogens is 422 g/mol. The Balaban J connectivity index is 1.43. The van der Waals surface area contributed by atoms with Crippen LogP contribution in [0.15, 0.2) is 47.2 Å². The second kappa shape index (κ2) is 8.17. The van der Waals surface area contributed by atoms with Crippen molar-refractivity contribution in [1.82, 2.24) is 9.88 Å². The molecular formula is C21H19N3O4S2. The lowest BCUT2D eigenvalue weighted by Gasteiger charge is -2.37. The molecule has 0 N–H and O–H groups in total. The molecule has 3 aromatic rings. The van der Waals surface area contributed by atoms with Gasteiger partial charge in [0.2, 0.25) is 0 Å². The number of hydrogen-bond acceptors (Lipinski definition) is 7. The van der Waals surface area contributed by atoms with Crippen LogP contribution < -0.4 is 9.64 Å². The molecule has 9 heteroatoms. The molecule has 1 aromatic carbocycles. The van der Waals surface area contributed by atoms with Crippen LogP contribution in [0.25, 0.3) is 9.88 Å². The standard InChI is InChI=1S/C21H19N3O4S2/c25-20(14-13-30-19(22-14)18-6-3-11-29-18)24-12-17(21(26)23-7-9-27-10-8-23)28-16-5-2-1-4-15(16)24/h1-6,11,13,17H,7-10,12H2/t17-/m1/s1. The van der Waals surface area contributed by atoms with E-state index in [4.69, 9.17) is 9.47 Å². The quantitative estimate of drug-likeness (QED) is 0.625. The maximum absolute atomic E-state index is 13.4. The van der Waals surface area contributed by atoms with Crippen LogP contribution in [0.1, 0.15) is 10.5 Å². The summed E-state index contributed by atoms with van der Waals surface area (Å²) in [6, 6.07) is 11.2. The molecule has 4 heterocycles. The summed E-state index contributed by atoms with van der Waals surface area (Å²) >= 11 is 3.03. The van der Waals surface area contributed by atoms with Crippen molar-refractivity contribution in [2.24, 2.45) is 0 Å². The number of morpholine rings is 1. The zero-order valence-corrected chi connectivity index (χ0v) is 17.7. The lowest BCUT2D eigenvalue weighted by molar-refractivity contribution is -0.142. The molecule has 5 rings (SSSR count). The number of anilines is 1. The van der Waals surface area contributed by atoms with Crippen molar-refractivity contribution in [3.05, 3.63) is 52.9 Å². The third-order valence-electron chi connectivity index (χ3n) is 5.07. The molecule has 0 saturated carbocycles. The zero-order chi connectivity index (χ0) is 20.5. The minimum atomic E-state index is -0.752. The van der Waals surface area contributed by atoms with Crippen LogP contribution in [-0.2, 0) is 9.53 Å². The monoisotopic (exact) mass is 441 g/mol. The lowest BCUT2D eigenvalue weighted by atomic mass is 10.1. The first-order valence-corrected chi connectivity index (χ1v) is 11.4. The Kier molecular flexibility index (Phi) is 5.24. The fourth-order valence-corrected chi connectivity index (χ4v) is 5.17. The van der Waals surface area contributed by atoms with Gasteiger partial charge in [0.25, 0.3) is 11.8 Å². The van der Waals surface area contributed by atoms with Gasteiger partial charge in [0.15, 0.2) is 6.10 Å². The Morgan fingerprint density at radius 3 is 2.70 bits per heavy atom. The minimum Gasteiger partial charge on any atom is -0.476 e. The molecule has 1 fully saturated rings. The molecule has 30 heavy (non-hydrogen) atoms. The first-order chi connectivity index (χ1) is 14.7. The van der Waals surface area contributed by atoms with Gasteiger partial charge in [-0.25, -0.2) is 4.98 Å². The fourth-order valence-electron chi connectivity index (χ4n) is 3.57. The Morgan fingerprint density at radius 2 is 1.90 bits per heavy atom. The van der Waals surface area contributed by atoms with Crippen molar-refractivity contribution in [2.45, 2.75) is 6.10 Å². The third-order valence-corrected chi connectivity index (χ3v) is 6.95. The summed E-state index contributed by atoms with van der Waals surface area (Å²) in [4.78, 5) is 35.3. The number of amides is 2. The number of para-hydroxylation sites is 2. The van der Waals surface area contributed by atoms with Crippen LogP contribution in [0.4, 0.5) is 5.69 Å². The number of carbonyl (C=O) groups is 2. The summed E-state index contributed by atoms with van der Waals surface area (Å²) < 4.78 is 11.3. The number of nitrogens with zero attached hydrogens (tertiary/aromatic N) is 3. The fraction of sp³-hybridized carbons (Fsp3) is 0.286. The van der Waals surface area contributed by atoms with Crippen LogP contribution in [0.3, 0.4) is 0 Å². The van der Waals surface area contributed by atoms with Gasteiger partial charge in [-0.1, -0.05) is 18.2 Å². The van der Waals surface area contributed by atoms with Crippen molar-refractivity contribution in [3.8, 4) is 15.6 Å². The topological polar surface area (TPSA) is 72.0 Å². The highest BCUT2D eigenvalue weighted by atomic mass is 32.1. The smallest absolute Gasteiger partial charge is 0.278 e. The van der Waals surface area contributed by atoms with Crippen molar-refractivity contribution in [3.63, 3.8) is 0 Å². The largest absolute Gasteiger partial charge is 0.476 e. The molecule has 0 bridgehead atoms. The van der Waals surface area contributed by atoms with Gasteiger partial charge in [0.1, 0.15) is 16.5 Å². The number of carbonyl (C=O) groups excluding carboxylic acids is 2. The van der Waals surface area contributed by atoms with Crippen molar-refractivity contribution >= 4 is 40.2 Å². The molecule has 2 amide bonds. The zero-order valence-electron chi connectivity index (χ0n) is 16.0. The average Bonchev–Trinajstić information content (AvgIpc) is 3.50. The number of hydrogen-bond donors (Lipinski definition) is 0. The van der Waals surface area contributed by atoms with Gasteiger partial charge >= 0.3 is 0 Å². The van der Waals surface area contributed by atoms with E-state index >= 15 is 0 Å². The second-order valence-electron chi connectivity index (χ2n) is 6.94. The molecule has 154 valence electrons. The summed E-state index contributed by atoms with van der Waals surface area (Å²) in [5.74, 6) is 0.171. The molecule has 1 atom stereocenters. The highest BCUT2D eigenvalue weighted by Gasteiger charge is 2.37. The van der Waals surface area contributed by atoms with Gasteiger partial charge in [-0.05, 0) is 23.6 Å². The van der Waals surface area contributed by atoms with Crippen LogP contribution in [0, 0.1) is 0 Å². The minimum absolute atomic E-state index is 0.122. The van der Waals surface area contributed by atoms with Gasteiger partial charge in [-0.2, -0.15) is 0 Å².